The Labute approximate surface area is 165 Å². The Morgan fingerprint density at radius 1 is 1.22 bits per heavy atom. The third-order valence-corrected chi connectivity index (χ3v) is 5.58. The molecule has 0 unspecified atom stereocenters. The zero-order chi connectivity index (χ0) is 19.1. The van der Waals surface area contributed by atoms with E-state index in [4.69, 9.17) is 23.2 Å². The van der Waals surface area contributed by atoms with Gasteiger partial charge in [0.1, 0.15) is 28.4 Å². The molecule has 0 amide bonds. The van der Waals surface area contributed by atoms with E-state index < -0.39 is 5.82 Å². The quantitative estimate of drug-likeness (QED) is 0.567. The Kier molecular flexibility index (Phi) is 4.67. The van der Waals surface area contributed by atoms with Gasteiger partial charge in [0.2, 0.25) is 0 Å². The Morgan fingerprint density at radius 3 is 2.63 bits per heavy atom. The molecule has 0 bridgehead atoms. The summed E-state index contributed by atoms with van der Waals surface area (Å²) in [5.41, 5.74) is 1.26. The summed E-state index contributed by atoms with van der Waals surface area (Å²) in [5.74, 6) is 0.747. The molecule has 1 fully saturated rings. The van der Waals surface area contributed by atoms with E-state index in [1.165, 1.54) is 12.3 Å². The molecule has 0 aliphatic carbocycles. The van der Waals surface area contributed by atoms with Crippen molar-refractivity contribution < 1.29 is 4.39 Å². The predicted molar refractivity (Wildman–Crippen MR) is 104 cm³/mol. The van der Waals surface area contributed by atoms with Crippen LogP contribution in [0, 0.1) is 23.1 Å². The third kappa shape index (κ3) is 3.01. The average molecular weight is 404 g/mol. The fraction of sp³-hybridized carbons (Fsp3) is 0.316. The number of halogens is 3. The molecule has 5 nitrogen and oxygen atoms in total. The van der Waals surface area contributed by atoms with Crippen LogP contribution in [-0.4, -0.2) is 27.7 Å². The molecule has 8 heteroatoms. The van der Waals surface area contributed by atoms with Gasteiger partial charge in [-0.15, -0.1) is 0 Å². The van der Waals surface area contributed by atoms with Gasteiger partial charge in [0, 0.05) is 18.7 Å². The van der Waals surface area contributed by atoms with E-state index in [1.807, 2.05) is 0 Å². The monoisotopic (exact) mass is 403 g/mol. The molecule has 138 valence electrons. The van der Waals surface area contributed by atoms with Crippen molar-refractivity contribution in [1.29, 1.82) is 5.26 Å². The zero-order valence-corrected chi connectivity index (χ0v) is 16.1. The highest BCUT2D eigenvalue weighted by atomic mass is 35.5. The topological polar surface area (TPSA) is 57.2 Å². The van der Waals surface area contributed by atoms with Crippen molar-refractivity contribution in [3.63, 3.8) is 0 Å². The molecule has 27 heavy (non-hydrogen) atoms. The number of piperidine rings is 1. The Hall–Kier alpha value is -2.36. The second kappa shape index (κ2) is 6.99. The Bertz CT molecular complexity index is 1040. The first-order chi connectivity index (χ1) is 13.0. The summed E-state index contributed by atoms with van der Waals surface area (Å²) in [4.78, 5) is 6.44. The van der Waals surface area contributed by atoms with Crippen LogP contribution in [0.3, 0.4) is 0 Å². The highest BCUT2D eigenvalue weighted by molar-refractivity contribution is 6.36. The molecule has 3 aromatic rings. The number of hydrogen-bond donors (Lipinski definition) is 0. The van der Waals surface area contributed by atoms with E-state index in [0.29, 0.717) is 28.5 Å². The summed E-state index contributed by atoms with van der Waals surface area (Å²) < 4.78 is 16.3. The van der Waals surface area contributed by atoms with E-state index in [2.05, 4.69) is 28.0 Å². The molecular weight excluding hydrogens is 388 g/mol. The van der Waals surface area contributed by atoms with Crippen molar-refractivity contribution in [2.24, 2.45) is 5.92 Å². The van der Waals surface area contributed by atoms with Crippen LogP contribution in [0.25, 0.3) is 16.8 Å². The molecular formula is C19H16Cl2FN5. The predicted octanol–water partition coefficient (Wildman–Crippen LogP) is 4.95. The lowest BCUT2D eigenvalue weighted by atomic mass is 9.98. The fourth-order valence-corrected chi connectivity index (χ4v) is 4.01. The third-order valence-electron chi connectivity index (χ3n) is 4.99. The minimum atomic E-state index is -0.482. The van der Waals surface area contributed by atoms with Crippen LogP contribution in [0.4, 0.5) is 10.2 Å². The number of benzene rings is 1. The molecule has 0 radical (unpaired) electrons. The van der Waals surface area contributed by atoms with Crippen LogP contribution in [0.15, 0.2) is 24.4 Å². The van der Waals surface area contributed by atoms with Gasteiger partial charge in [-0.1, -0.05) is 36.2 Å². The van der Waals surface area contributed by atoms with Gasteiger partial charge in [-0.05, 0) is 30.9 Å². The number of anilines is 1. The van der Waals surface area contributed by atoms with E-state index >= 15 is 0 Å². The summed E-state index contributed by atoms with van der Waals surface area (Å²) in [5, 5.41) is 14.0. The van der Waals surface area contributed by atoms with Gasteiger partial charge in [0.25, 0.3) is 0 Å². The molecule has 4 rings (SSSR count). The van der Waals surface area contributed by atoms with Crippen molar-refractivity contribution in [3.8, 4) is 17.2 Å². The molecule has 0 saturated carbocycles. The van der Waals surface area contributed by atoms with Crippen LogP contribution < -0.4 is 4.90 Å². The van der Waals surface area contributed by atoms with Crippen LogP contribution in [-0.2, 0) is 0 Å². The summed E-state index contributed by atoms with van der Waals surface area (Å²) in [6.07, 6.45) is 3.44. The van der Waals surface area contributed by atoms with Crippen molar-refractivity contribution in [1.82, 2.24) is 14.6 Å². The number of nitriles is 1. The lowest BCUT2D eigenvalue weighted by Gasteiger charge is -2.33. The SMILES string of the molecule is CC1CCN(c2c(-c3c(F)cccc3Cl)c(Cl)nc3c(C#N)cnn23)CC1. The number of hydrogen-bond acceptors (Lipinski definition) is 4. The van der Waals surface area contributed by atoms with Gasteiger partial charge in [0.15, 0.2) is 5.65 Å². The van der Waals surface area contributed by atoms with Crippen LogP contribution in [0.2, 0.25) is 10.2 Å². The molecule has 0 spiro atoms. The van der Waals surface area contributed by atoms with Gasteiger partial charge in [-0.3, -0.25) is 0 Å². The second-order valence-electron chi connectivity index (χ2n) is 6.77. The number of rotatable bonds is 2. The standard InChI is InChI=1S/C19H16Cl2FN5/c1-11-5-7-26(8-6-11)19-16(15-13(20)3-2-4-14(15)22)17(21)25-18-12(9-23)10-24-27(18)19/h2-4,10-11H,5-8H2,1H3. The molecule has 1 saturated heterocycles. The highest BCUT2D eigenvalue weighted by Crippen LogP contribution is 2.42. The van der Waals surface area contributed by atoms with Crippen LogP contribution >= 0.6 is 23.2 Å². The first-order valence-corrected chi connectivity index (χ1v) is 9.43. The minimum absolute atomic E-state index is 0.0973. The van der Waals surface area contributed by atoms with E-state index in [1.54, 1.807) is 16.6 Å². The van der Waals surface area contributed by atoms with Gasteiger partial charge in [-0.25, -0.2) is 9.37 Å². The van der Waals surface area contributed by atoms with Crippen molar-refractivity contribution in [2.45, 2.75) is 19.8 Å². The van der Waals surface area contributed by atoms with Gasteiger partial charge in [-0.2, -0.15) is 14.9 Å². The van der Waals surface area contributed by atoms with E-state index in [9.17, 15) is 9.65 Å². The summed E-state index contributed by atoms with van der Waals surface area (Å²) >= 11 is 12.8. The summed E-state index contributed by atoms with van der Waals surface area (Å²) in [7, 11) is 0. The van der Waals surface area contributed by atoms with E-state index in [0.717, 1.165) is 25.9 Å². The van der Waals surface area contributed by atoms with Gasteiger partial charge < -0.3 is 4.90 Å². The first-order valence-electron chi connectivity index (χ1n) is 8.68. The molecule has 2 aromatic heterocycles. The molecule has 3 heterocycles. The first kappa shape index (κ1) is 18.0. The fourth-order valence-electron chi connectivity index (χ4n) is 3.49. The largest absolute Gasteiger partial charge is 0.356 e. The van der Waals surface area contributed by atoms with Crippen molar-refractivity contribution in [2.75, 3.05) is 18.0 Å². The maximum atomic E-state index is 14.7. The summed E-state index contributed by atoms with van der Waals surface area (Å²) in [6, 6.07) is 6.58. The number of fused-ring (bicyclic) bond motifs is 1. The number of nitrogens with zero attached hydrogens (tertiary/aromatic N) is 5. The van der Waals surface area contributed by atoms with Crippen LogP contribution in [0.5, 0.6) is 0 Å². The smallest absolute Gasteiger partial charge is 0.176 e. The lowest BCUT2D eigenvalue weighted by Crippen LogP contribution is -2.35. The maximum Gasteiger partial charge on any atom is 0.176 e. The normalized spacial score (nSPS) is 15.3. The van der Waals surface area contributed by atoms with Gasteiger partial charge >= 0.3 is 0 Å². The second-order valence-corrected chi connectivity index (χ2v) is 7.54. The van der Waals surface area contributed by atoms with Gasteiger partial charge in [0.05, 0.1) is 16.8 Å². The summed E-state index contributed by atoms with van der Waals surface area (Å²) in [6.45, 7) is 3.76. The zero-order valence-electron chi connectivity index (χ0n) is 14.6. The Balaban J connectivity index is 2.05. The maximum absolute atomic E-state index is 14.7. The lowest BCUT2D eigenvalue weighted by molar-refractivity contribution is 0.435. The van der Waals surface area contributed by atoms with Crippen molar-refractivity contribution >= 4 is 34.7 Å². The van der Waals surface area contributed by atoms with E-state index in [-0.39, 0.29) is 15.7 Å². The molecule has 1 aromatic carbocycles. The molecule has 1 aliphatic rings. The average Bonchev–Trinajstić information content (AvgIpc) is 3.05. The molecule has 1 aliphatic heterocycles. The van der Waals surface area contributed by atoms with Crippen LogP contribution in [0.1, 0.15) is 25.3 Å². The Morgan fingerprint density at radius 2 is 1.96 bits per heavy atom. The van der Waals surface area contributed by atoms with Crippen molar-refractivity contribution in [3.05, 3.63) is 46.0 Å². The number of aromatic nitrogens is 3. The minimum Gasteiger partial charge on any atom is -0.356 e. The molecule has 0 N–H and O–H groups in total. The highest BCUT2D eigenvalue weighted by Gasteiger charge is 2.28. The molecule has 0 atom stereocenters.